The number of hydrogen-bond acceptors (Lipinski definition) is 2. The summed E-state index contributed by atoms with van der Waals surface area (Å²) < 4.78 is 0. The zero-order valence-electron chi connectivity index (χ0n) is 10.2. The fraction of sp³-hybridized carbons (Fsp3) is 0.538. The SMILES string of the molecule is Cc1cccc(NC(C)(C)CCN)c1C. The van der Waals surface area contributed by atoms with Gasteiger partial charge < -0.3 is 11.1 Å². The molecule has 0 aliphatic heterocycles. The predicted octanol–water partition coefficient (Wildman–Crippen LogP) is 2.84. The Morgan fingerprint density at radius 3 is 2.53 bits per heavy atom. The molecule has 0 bridgehead atoms. The van der Waals surface area contributed by atoms with E-state index >= 15 is 0 Å². The molecule has 0 fully saturated rings. The number of anilines is 1. The summed E-state index contributed by atoms with van der Waals surface area (Å²) in [4.78, 5) is 0. The molecule has 0 amide bonds. The molecule has 1 aromatic carbocycles. The van der Waals surface area contributed by atoms with Crippen LogP contribution in [0.4, 0.5) is 5.69 Å². The van der Waals surface area contributed by atoms with Gasteiger partial charge in [0, 0.05) is 11.2 Å². The summed E-state index contributed by atoms with van der Waals surface area (Å²) in [6, 6.07) is 6.35. The lowest BCUT2D eigenvalue weighted by molar-refractivity contribution is 0.526. The molecule has 2 heteroatoms. The van der Waals surface area contributed by atoms with Crippen LogP contribution in [0.15, 0.2) is 18.2 Å². The van der Waals surface area contributed by atoms with Crippen LogP contribution in [0.3, 0.4) is 0 Å². The van der Waals surface area contributed by atoms with Gasteiger partial charge in [0.15, 0.2) is 0 Å². The highest BCUT2D eigenvalue weighted by molar-refractivity contribution is 5.55. The number of hydrogen-bond donors (Lipinski definition) is 2. The molecular weight excluding hydrogens is 184 g/mol. The Morgan fingerprint density at radius 1 is 1.27 bits per heavy atom. The molecule has 0 aliphatic carbocycles. The summed E-state index contributed by atoms with van der Waals surface area (Å²) >= 11 is 0. The van der Waals surface area contributed by atoms with Gasteiger partial charge >= 0.3 is 0 Å². The third-order valence-electron chi connectivity index (χ3n) is 2.85. The average molecular weight is 206 g/mol. The van der Waals surface area contributed by atoms with E-state index in [1.165, 1.54) is 16.8 Å². The molecule has 0 saturated carbocycles. The lowest BCUT2D eigenvalue weighted by Crippen LogP contribution is -2.33. The van der Waals surface area contributed by atoms with E-state index in [2.05, 4.69) is 51.2 Å². The van der Waals surface area contributed by atoms with Crippen molar-refractivity contribution in [1.29, 1.82) is 0 Å². The first-order chi connectivity index (χ1) is 6.96. The quantitative estimate of drug-likeness (QED) is 0.795. The van der Waals surface area contributed by atoms with E-state index in [1.54, 1.807) is 0 Å². The first kappa shape index (κ1) is 12.1. The molecule has 1 rings (SSSR count). The van der Waals surface area contributed by atoms with E-state index in [1.807, 2.05) is 0 Å². The number of nitrogens with two attached hydrogens (primary N) is 1. The van der Waals surface area contributed by atoms with Crippen LogP contribution in [0.25, 0.3) is 0 Å². The summed E-state index contributed by atoms with van der Waals surface area (Å²) in [6.07, 6.45) is 0.973. The number of aryl methyl sites for hydroxylation is 1. The van der Waals surface area contributed by atoms with Crippen molar-refractivity contribution in [3.63, 3.8) is 0 Å². The molecular formula is C13H22N2. The van der Waals surface area contributed by atoms with E-state index in [0.29, 0.717) is 6.54 Å². The highest BCUT2D eigenvalue weighted by Gasteiger charge is 2.16. The Hall–Kier alpha value is -1.02. The largest absolute Gasteiger partial charge is 0.380 e. The van der Waals surface area contributed by atoms with Crippen molar-refractivity contribution < 1.29 is 0 Å². The van der Waals surface area contributed by atoms with Gasteiger partial charge in [-0.1, -0.05) is 12.1 Å². The first-order valence-corrected chi connectivity index (χ1v) is 5.51. The highest BCUT2D eigenvalue weighted by Crippen LogP contribution is 2.23. The zero-order valence-corrected chi connectivity index (χ0v) is 10.2. The monoisotopic (exact) mass is 206 g/mol. The van der Waals surface area contributed by atoms with E-state index in [-0.39, 0.29) is 5.54 Å². The van der Waals surface area contributed by atoms with Crippen molar-refractivity contribution in [3.05, 3.63) is 29.3 Å². The maximum absolute atomic E-state index is 5.60. The molecule has 2 nitrogen and oxygen atoms in total. The molecule has 0 atom stereocenters. The second kappa shape index (κ2) is 4.67. The molecule has 0 saturated heterocycles. The lowest BCUT2D eigenvalue weighted by Gasteiger charge is -2.28. The Morgan fingerprint density at radius 2 is 1.93 bits per heavy atom. The topological polar surface area (TPSA) is 38.0 Å². The Bertz CT molecular complexity index is 329. The van der Waals surface area contributed by atoms with Gasteiger partial charge in [-0.05, 0) is 57.9 Å². The van der Waals surface area contributed by atoms with Crippen molar-refractivity contribution >= 4 is 5.69 Å². The van der Waals surface area contributed by atoms with Gasteiger partial charge in [-0.15, -0.1) is 0 Å². The number of rotatable bonds is 4. The molecule has 0 heterocycles. The summed E-state index contributed by atoms with van der Waals surface area (Å²) in [5.41, 5.74) is 9.52. The van der Waals surface area contributed by atoms with Crippen LogP contribution < -0.4 is 11.1 Å². The van der Waals surface area contributed by atoms with Crippen LogP contribution in [0.1, 0.15) is 31.4 Å². The first-order valence-electron chi connectivity index (χ1n) is 5.51. The highest BCUT2D eigenvalue weighted by atomic mass is 15.0. The summed E-state index contributed by atoms with van der Waals surface area (Å²) in [5.74, 6) is 0. The van der Waals surface area contributed by atoms with Gasteiger partial charge in [-0.25, -0.2) is 0 Å². The van der Waals surface area contributed by atoms with Crippen LogP contribution in [0, 0.1) is 13.8 Å². The van der Waals surface area contributed by atoms with Gasteiger partial charge in [0.25, 0.3) is 0 Å². The number of benzene rings is 1. The van der Waals surface area contributed by atoms with Gasteiger partial charge in [-0.3, -0.25) is 0 Å². The molecule has 84 valence electrons. The average Bonchev–Trinajstić information content (AvgIpc) is 2.12. The third kappa shape index (κ3) is 3.24. The van der Waals surface area contributed by atoms with Crippen LogP contribution in [0.5, 0.6) is 0 Å². The van der Waals surface area contributed by atoms with Gasteiger partial charge in [0.1, 0.15) is 0 Å². The Balaban J connectivity index is 2.85. The summed E-state index contributed by atoms with van der Waals surface area (Å²) in [5, 5.41) is 3.55. The van der Waals surface area contributed by atoms with Gasteiger partial charge in [0.2, 0.25) is 0 Å². The number of nitrogens with one attached hydrogen (secondary N) is 1. The van der Waals surface area contributed by atoms with Crippen molar-refractivity contribution in [1.82, 2.24) is 0 Å². The Labute approximate surface area is 92.9 Å². The standard InChI is InChI=1S/C13H22N2/c1-10-6-5-7-12(11(10)2)15-13(3,4)8-9-14/h5-7,15H,8-9,14H2,1-4H3. The molecule has 0 aliphatic rings. The normalized spacial score (nSPS) is 11.5. The minimum atomic E-state index is 0.0628. The molecule has 0 unspecified atom stereocenters. The smallest absolute Gasteiger partial charge is 0.0376 e. The molecule has 0 aromatic heterocycles. The second-order valence-electron chi connectivity index (χ2n) is 4.80. The fourth-order valence-electron chi connectivity index (χ4n) is 1.67. The van der Waals surface area contributed by atoms with E-state index < -0.39 is 0 Å². The molecule has 1 aromatic rings. The third-order valence-corrected chi connectivity index (χ3v) is 2.85. The van der Waals surface area contributed by atoms with Crippen molar-refractivity contribution in [2.45, 2.75) is 39.7 Å². The molecule has 0 spiro atoms. The lowest BCUT2D eigenvalue weighted by atomic mass is 9.98. The van der Waals surface area contributed by atoms with Gasteiger partial charge in [-0.2, -0.15) is 0 Å². The maximum atomic E-state index is 5.60. The van der Waals surface area contributed by atoms with Gasteiger partial charge in [0.05, 0.1) is 0 Å². The summed E-state index contributed by atoms with van der Waals surface area (Å²) in [7, 11) is 0. The minimum absolute atomic E-state index is 0.0628. The predicted molar refractivity (Wildman–Crippen MR) is 67.3 cm³/mol. The van der Waals surface area contributed by atoms with Crippen molar-refractivity contribution in [2.75, 3.05) is 11.9 Å². The molecule has 3 N–H and O–H groups in total. The maximum Gasteiger partial charge on any atom is 0.0376 e. The fourth-order valence-corrected chi connectivity index (χ4v) is 1.67. The second-order valence-corrected chi connectivity index (χ2v) is 4.80. The minimum Gasteiger partial charge on any atom is -0.380 e. The van der Waals surface area contributed by atoms with Crippen LogP contribution in [0.2, 0.25) is 0 Å². The van der Waals surface area contributed by atoms with Crippen molar-refractivity contribution in [2.24, 2.45) is 5.73 Å². The van der Waals surface area contributed by atoms with E-state index in [9.17, 15) is 0 Å². The van der Waals surface area contributed by atoms with Crippen molar-refractivity contribution in [3.8, 4) is 0 Å². The van der Waals surface area contributed by atoms with Crippen LogP contribution in [-0.2, 0) is 0 Å². The van der Waals surface area contributed by atoms with Crippen LogP contribution in [-0.4, -0.2) is 12.1 Å². The molecule has 0 radical (unpaired) electrons. The Kier molecular flexibility index (Phi) is 3.75. The van der Waals surface area contributed by atoms with Crippen LogP contribution >= 0.6 is 0 Å². The zero-order chi connectivity index (χ0) is 11.5. The molecule has 15 heavy (non-hydrogen) atoms. The van der Waals surface area contributed by atoms with E-state index in [0.717, 1.165) is 6.42 Å². The summed E-state index contributed by atoms with van der Waals surface area (Å²) in [6.45, 7) is 9.36. The van der Waals surface area contributed by atoms with E-state index in [4.69, 9.17) is 5.73 Å².